The average molecular weight is 422 g/mol. The molecule has 142 valence electrons. The fourth-order valence-corrected chi connectivity index (χ4v) is 2.98. The van der Waals surface area contributed by atoms with Crippen LogP contribution in [0.25, 0.3) is 6.08 Å². The lowest BCUT2D eigenvalue weighted by molar-refractivity contribution is -0.384. The van der Waals surface area contributed by atoms with Crippen LogP contribution in [0.4, 0.5) is 16.2 Å². The van der Waals surface area contributed by atoms with Gasteiger partial charge in [-0.25, -0.2) is 9.69 Å². The van der Waals surface area contributed by atoms with Crippen LogP contribution in [0.1, 0.15) is 5.56 Å². The van der Waals surface area contributed by atoms with Crippen molar-refractivity contribution in [2.75, 3.05) is 4.90 Å². The summed E-state index contributed by atoms with van der Waals surface area (Å²) in [5, 5.41) is 22.3. The van der Waals surface area contributed by atoms with Crippen LogP contribution >= 0.6 is 23.2 Å². The molecule has 0 radical (unpaired) electrons. The molecule has 0 atom stereocenters. The Morgan fingerprint density at radius 3 is 2.36 bits per heavy atom. The number of hydrogen-bond acceptors (Lipinski definition) is 6. The number of non-ortho nitro benzene ring substituents is 1. The number of phenolic OH excluding ortho intramolecular Hbond substituents is 1. The smallest absolute Gasteiger partial charge is 0.335 e. The standard InChI is InChI=1S/C17H9Cl2N3O6/c18-12-5-8(6-13(19)14(12)23)4-11-15(24)20-17(26)21(16(11)25)9-2-1-3-10(7-9)22(27)28/h1-7,23H,(H,20,24,26)/b11-4+. The van der Waals surface area contributed by atoms with Crippen LogP contribution < -0.4 is 10.2 Å². The third-order valence-electron chi connectivity index (χ3n) is 3.75. The first-order valence-corrected chi connectivity index (χ1v) is 8.28. The second kappa shape index (κ2) is 7.29. The molecule has 28 heavy (non-hydrogen) atoms. The molecule has 0 saturated carbocycles. The molecule has 1 saturated heterocycles. The van der Waals surface area contributed by atoms with Crippen molar-refractivity contribution in [3.05, 3.63) is 67.7 Å². The first kappa shape index (κ1) is 19.3. The Labute approximate surface area is 166 Å². The minimum atomic E-state index is -1.05. The highest BCUT2D eigenvalue weighted by molar-refractivity contribution is 6.40. The van der Waals surface area contributed by atoms with Gasteiger partial charge in [0.25, 0.3) is 17.5 Å². The number of aromatic hydroxyl groups is 1. The number of anilines is 1. The van der Waals surface area contributed by atoms with Gasteiger partial charge in [-0.3, -0.25) is 25.0 Å². The lowest BCUT2D eigenvalue weighted by Gasteiger charge is -2.26. The summed E-state index contributed by atoms with van der Waals surface area (Å²) < 4.78 is 0. The van der Waals surface area contributed by atoms with E-state index in [1.165, 1.54) is 30.3 Å². The van der Waals surface area contributed by atoms with Crippen LogP contribution in [0.3, 0.4) is 0 Å². The molecule has 1 aliphatic heterocycles. The number of benzene rings is 2. The predicted octanol–water partition coefficient (Wildman–Crippen LogP) is 3.27. The van der Waals surface area contributed by atoms with Crippen molar-refractivity contribution in [1.82, 2.24) is 5.32 Å². The molecule has 0 spiro atoms. The minimum Gasteiger partial charge on any atom is -0.505 e. The molecular weight excluding hydrogens is 413 g/mol. The quantitative estimate of drug-likeness (QED) is 0.338. The zero-order valence-corrected chi connectivity index (χ0v) is 15.2. The summed E-state index contributed by atoms with van der Waals surface area (Å²) in [7, 11) is 0. The van der Waals surface area contributed by atoms with E-state index in [0.717, 1.165) is 12.1 Å². The van der Waals surface area contributed by atoms with Gasteiger partial charge in [-0.1, -0.05) is 29.3 Å². The van der Waals surface area contributed by atoms with Gasteiger partial charge in [-0.05, 0) is 29.8 Å². The number of nitrogens with zero attached hydrogens (tertiary/aromatic N) is 2. The van der Waals surface area contributed by atoms with Crippen LogP contribution in [0.15, 0.2) is 42.0 Å². The molecule has 0 aromatic heterocycles. The van der Waals surface area contributed by atoms with Crippen molar-refractivity contribution in [2.45, 2.75) is 0 Å². The SMILES string of the molecule is O=C1NC(=O)N(c2cccc([N+](=O)[O-])c2)C(=O)/C1=C/c1cc(Cl)c(O)c(Cl)c1. The van der Waals surface area contributed by atoms with Crippen LogP contribution in [0.5, 0.6) is 5.75 Å². The molecule has 2 N–H and O–H groups in total. The highest BCUT2D eigenvalue weighted by atomic mass is 35.5. The fourth-order valence-electron chi connectivity index (χ4n) is 2.47. The minimum absolute atomic E-state index is 0.0862. The summed E-state index contributed by atoms with van der Waals surface area (Å²) in [4.78, 5) is 47.9. The Morgan fingerprint density at radius 2 is 1.75 bits per heavy atom. The second-order valence-electron chi connectivity index (χ2n) is 5.57. The molecule has 0 aliphatic carbocycles. The number of urea groups is 1. The maximum Gasteiger partial charge on any atom is 0.335 e. The molecule has 11 heteroatoms. The highest BCUT2D eigenvalue weighted by Crippen LogP contribution is 2.34. The van der Waals surface area contributed by atoms with Gasteiger partial charge in [0.05, 0.1) is 20.7 Å². The van der Waals surface area contributed by atoms with E-state index < -0.39 is 28.3 Å². The van der Waals surface area contributed by atoms with Crippen molar-refractivity contribution in [1.29, 1.82) is 0 Å². The van der Waals surface area contributed by atoms with Crippen LogP contribution in [-0.4, -0.2) is 27.9 Å². The fraction of sp³-hybridized carbons (Fsp3) is 0. The number of rotatable bonds is 3. The zero-order chi connectivity index (χ0) is 20.6. The number of nitro benzene ring substituents is 1. The van der Waals surface area contributed by atoms with Crippen molar-refractivity contribution >= 4 is 58.5 Å². The molecule has 3 rings (SSSR count). The number of carbonyl (C=O) groups is 3. The summed E-state index contributed by atoms with van der Waals surface area (Å²) in [5.41, 5.74) is -0.627. The number of carbonyl (C=O) groups excluding carboxylic acids is 3. The number of hydrogen-bond donors (Lipinski definition) is 2. The van der Waals surface area contributed by atoms with Gasteiger partial charge in [0.1, 0.15) is 5.57 Å². The monoisotopic (exact) mass is 421 g/mol. The summed E-state index contributed by atoms with van der Waals surface area (Å²) >= 11 is 11.7. The topological polar surface area (TPSA) is 130 Å². The van der Waals surface area contributed by atoms with Crippen LogP contribution in [0.2, 0.25) is 10.0 Å². The number of barbiturate groups is 1. The molecular formula is C17H9Cl2N3O6. The van der Waals surface area contributed by atoms with E-state index in [-0.39, 0.29) is 32.7 Å². The van der Waals surface area contributed by atoms with Crippen molar-refractivity contribution in [3.63, 3.8) is 0 Å². The third-order valence-corrected chi connectivity index (χ3v) is 4.33. The van der Waals surface area contributed by atoms with E-state index in [0.29, 0.717) is 4.90 Å². The number of amides is 4. The highest BCUT2D eigenvalue weighted by Gasteiger charge is 2.37. The number of nitro groups is 1. The first-order chi connectivity index (χ1) is 13.2. The molecule has 1 fully saturated rings. The molecule has 1 aliphatic rings. The van der Waals surface area contributed by atoms with Crippen LogP contribution in [0, 0.1) is 10.1 Å². The largest absolute Gasteiger partial charge is 0.505 e. The predicted molar refractivity (Wildman–Crippen MR) is 100 cm³/mol. The third kappa shape index (κ3) is 3.53. The molecule has 9 nitrogen and oxygen atoms in total. The lowest BCUT2D eigenvalue weighted by atomic mass is 10.1. The van der Waals surface area contributed by atoms with E-state index in [1.54, 1.807) is 0 Å². The zero-order valence-electron chi connectivity index (χ0n) is 13.7. The van der Waals surface area contributed by atoms with Gasteiger partial charge in [-0.15, -0.1) is 0 Å². The summed E-state index contributed by atoms with van der Waals surface area (Å²) in [5.74, 6) is -2.31. The summed E-state index contributed by atoms with van der Waals surface area (Å²) in [6, 6.07) is 6.32. The van der Waals surface area contributed by atoms with E-state index in [9.17, 15) is 29.6 Å². The Bertz CT molecular complexity index is 1060. The van der Waals surface area contributed by atoms with Gasteiger partial charge in [0.2, 0.25) is 0 Å². The van der Waals surface area contributed by atoms with Gasteiger partial charge >= 0.3 is 6.03 Å². The summed E-state index contributed by atoms with van der Waals surface area (Å²) in [6.45, 7) is 0. The Hall–Kier alpha value is -3.43. The Balaban J connectivity index is 2.06. The number of halogens is 2. The number of imide groups is 2. The average Bonchev–Trinajstić information content (AvgIpc) is 2.63. The van der Waals surface area contributed by atoms with Gasteiger partial charge in [0.15, 0.2) is 5.75 Å². The molecule has 2 aromatic rings. The lowest BCUT2D eigenvalue weighted by Crippen LogP contribution is -2.54. The van der Waals surface area contributed by atoms with Gasteiger partial charge in [-0.2, -0.15) is 0 Å². The van der Waals surface area contributed by atoms with E-state index in [2.05, 4.69) is 0 Å². The molecule has 0 unspecified atom stereocenters. The number of nitrogens with one attached hydrogen (secondary N) is 1. The number of phenols is 1. The van der Waals surface area contributed by atoms with Crippen molar-refractivity contribution in [2.24, 2.45) is 0 Å². The first-order valence-electron chi connectivity index (χ1n) is 7.53. The van der Waals surface area contributed by atoms with E-state index >= 15 is 0 Å². The molecule has 0 bridgehead atoms. The molecule has 1 heterocycles. The van der Waals surface area contributed by atoms with Crippen LogP contribution in [-0.2, 0) is 9.59 Å². The molecule has 2 aromatic carbocycles. The molecule has 4 amide bonds. The van der Waals surface area contributed by atoms with Gasteiger partial charge in [0, 0.05) is 12.1 Å². The Kier molecular flexibility index (Phi) is 5.04. The normalized spacial score (nSPS) is 15.7. The maximum atomic E-state index is 12.8. The van der Waals surface area contributed by atoms with E-state index in [1.807, 2.05) is 5.32 Å². The van der Waals surface area contributed by atoms with Crippen molar-refractivity contribution < 1.29 is 24.4 Å². The Morgan fingerprint density at radius 1 is 1.11 bits per heavy atom. The van der Waals surface area contributed by atoms with E-state index in [4.69, 9.17) is 23.2 Å². The van der Waals surface area contributed by atoms with Gasteiger partial charge < -0.3 is 5.11 Å². The second-order valence-corrected chi connectivity index (χ2v) is 6.38. The summed E-state index contributed by atoms with van der Waals surface area (Å²) in [6.07, 6.45) is 1.13. The van der Waals surface area contributed by atoms with Crippen molar-refractivity contribution in [3.8, 4) is 5.75 Å². The maximum absolute atomic E-state index is 12.8.